The van der Waals surface area contributed by atoms with Crippen LogP contribution in [0.15, 0.2) is 18.2 Å². The van der Waals surface area contributed by atoms with E-state index in [0.29, 0.717) is 37.6 Å². The minimum absolute atomic E-state index is 0.0851. The molecule has 2 aliphatic heterocycles. The van der Waals surface area contributed by atoms with Crippen LogP contribution in [0.2, 0.25) is 0 Å². The number of aliphatic hydroxyl groups is 1. The van der Waals surface area contributed by atoms with E-state index in [9.17, 15) is 14.7 Å². The summed E-state index contributed by atoms with van der Waals surface area (Å²) < 4.78 is 27.3. The topological polar surface area (TPSA) is 104 Å². The van der Waals surface area contributed by atoms with Gasteiger partial charge in [-0.2, -0.15) is 0 Å². The standard InChI is InChI=1S/C22H29NO8/c1-27-16-5-4-15(12-17(16)28-2)6-9-23-18(24)13-20(19(25)29-3)14-21(30-10-11-31-21)7-8-22(20,23)26/h4-5,12,26H,6-11,13-14H2,1-3H3. The first-order valence-electron chi connectivity index (χ1n) is 10.4. The zero-order valence-electron chi connectivity index (χ0n) is 18.1. The lowest BCUT2D eigenvalue weighted by molar-refractivity contribution is -0.269. The Kier molecular flexibility index (Phi) is 5.61. The monoisotopic (exact) mass is 435 g/mol. The van der Waals surface area contributed by atoms with Crippen LogP contribution in [-0.4, -0.2) is 74.5 Å². The highest BCUT2D eigenvalue weighted by Crippen LogP contribution is 2.58. The summed E-state index contributed by atoms with van der Waals surface area (Å²) in [6.07, 6.45) is 0.976. The van der Waals surface area contributed by atoms with Crippen LogP contribution in [0, 0.1) is 5.41 Å². The Morgan fingerprint density at radius 2 is 1.84 bits per heavy atom. The van der Waals surface area contributed by atoms with Gasteiger partial charge >= 0.3 is 5.97 Å². The summed E-state index contributed by atoms with van der Waals surface area (Å²) in [6.45, 7) is 1.09. The lowest BCUT2D eigenvalue weighted by Gasteiger charge is -2.51. The zero-order chi connectivity index (χ0) is 22.3. The minimum atomic E-state index is -1.66. The number of benzene rings is 1. The lowest BCUT2D eigenvalue weighted by atomic mass is 9.65. The molecule has 3 fully saturated rings. The van der Waals surface area contributed by atoms with Gasteiger partial charge in [-0.05, 0) is 24.1 Å². The Morgan fingerprint density at radius 3 is 2.48 bits per heavy atom. The molecule has 0 aromatic heterocycles. The van der Waals surface area contributed by atoms with Crippen molar-refractivity contribution in [1.29, 1.82) is 0 Å². The minimum Gasteiger partial charge on any atom is -0.493 e. The highest BCUT2D eigenvalue weighted by molar-refractivity contribution is 5.92. The summed E-state index contributed by atoms with van der Waals surface area (Å²) in [4.78, 5) is 27.4. The molecule has 2 heterocycles. The zero-order valence-corrected chi connectivity index (χ0v) is 18.1. The van der Waals surface area contributed by atoms with E-state index in [-0.39, 0.29) is 31.7 Å². The maximum Gasteiger partial charge on any atom is 0.317 e. The number of amides is 1. The smallest absolute Gasteiger partial charge is 0.317 e. The number of methoxy groups -OCH3 is 3. The molecule has 1 saturated carbocycles. The number of fused-ring (bicyclic) bond motifs is 1. The van der Waals surface area contributed by atoms with Gasteiger partial charge in [0, 0.05) is 32.2 Å². The molecule has 1 aliphatic carbocycles. The third-order valence-electron chi connectivity index (χ3n) is 6.85. The molecule has 1 N–H and O–H groups in total. The molecular formula is C22H29NO8. The molecule has 4 rings (SSSR count). The first-order chi connectivity index (χ1) is 14.8. The van der Waals surface area contributed by atoms with Crippen molar-refractivity contribution in [2.24, 2.45) is 5.41 Å². The van der Waals surface area contributed by atoms with Crippen molar-refractivity contribution in [3.63, 3.8) is 0 Å². The number of esters is 1. The van der Waals surface area contributed by atoms with Crippen molar-refractivity contribution < 1.29 is 38.4 Å². The number of rotatable bonds is 6. The average Bonchev–Trinajstić information content (AvgIpc) is 3.32. The number of hydrogen-bond donors (Lipinski definition) is 1. The Labute approximate surface area is 181 Å². The fraction of sp³-hybridized carbons (Fsp3) is 0.636. The van der Waals surface area contributed by atoms with Crippen LogP contribution >= 0.6 is 0 Å². The molecule has 9 nitrogen and oxygen atoms in total. The van der Waals surface area contributed by atoms with Gasteiger partial charge in [-0.25, -0.2) is 0 Å². The van der Waals surface area contributed by atoms with Gasteiger partial charge < -0.3 is 33.7 Å². The summed E-state index contributed by atoms with van der Waals surface area (Å²) in [5.74, 6) is -0.662. The van der Waals surface area contributed by atoms with Crippen LogP contribution in [0.5, 0.6) is 11.5 Å². The number of carbonyl (C=O) groups excluding carboxylic acids is 2. The Balaban J connectivity index is 1.60. The summed E-state index contributed by atoms with van der Waals surface area (Å²) in [6, 6.07) is 5.52. The second kappa shape index (κ2) is 7.96. The highest BCUT2D eigenvalue weighted by atomic mass is 16.7. The van der Waals surface area contributed by atoms with E-state index in [1.807, 2.05) is 12.1 Å². The molecule has 0 bridgehead atoms. The predicted octanol–water partition coefficient (Wildman–Crippen LogP) is 1.25. The molecular weight excluding hydrogens is 406 g/mol. The van der Waals surface area contributed by atoms with Crippen molar-refractivity contribution in [3.8, 4) is 11.5 Å². The number of hydrogen-bond acceptors (Lipinski definition) is 8. The van der Waals surface area contributed by atoms with Gasteiger partial charge in [0.2, 0.25) is 5.91 Å². The van der Waals surface area contributed by atoms with Gasteiger partial charge in [0.05, 0.1) is 34.5 Å². The molecule has 1 aromatic carbocycles. The highest BCUT2D eigenvalue weighted by Gasteiger charge is 2.72. The second-order valence-electron chi connectivity index (χ2n) is 8.34. The summed E-state index contributed by atoms with van der Waals surface area (Å²) in [5, 5.41) is 11.7. The van der Waals surface area contributed by atoms with Crippen molar-refractivity contribution in [3.05, 3.63) is 23.8 Å². The fourth-order valence-corrected chi connectivity index (χ4v) is 5.28. The van der Waals surface area contributed by atoms with Crippen LogP contribution in [0.4, 0.5) is 0 Å². The number of ether oxygens (including phenoxy) is 5. The van der Waals surface area contributed by atoms with E-state index >= 15 is 0 Å². The average molecular weight is 435 g/mol. The third kappa shape index (κ3) is 3.35. The molecule has 9 heteroatoms. The van der Waals surface area contributed by atoms with Crippen LogP contribution in [-0.2, 0) is 30.2 Å². The number of likely N-dealkylation sites (tertiary alicyclic amines) is 1. The van der Waals surface area contributed by atoms with E-state index in [1.54, 1.807) is 20.3 Å². The molecule has 2 atom stereocenters. The summed E-state index contributed by atoms with van der Waals surface area (Å²) >= 11 is 0. The van der Waals surface area contributed by atoms with Gasteiger partial charge in [0.15, 0.2) is 23.0 Å². The van der Waals surface area contributed by atoms with Gasteiger partial charge in [-0.1, -0.05) is 6.07 Å². The van der Waals surface area contributed by atoms with E-state index in [4.69, 9.17) is 23.7 Å². The van der Waals surface area contributed by atoms with Crippen molar-refractivity contribution >= 4 is 11.9 Å². The molecule has 0 radical (unpaired) electrons. The van der Waals surface area contributed by atoms with Gasteiger partial charge in [0.1, 0.15) is 5.41 Å². The van der Waals surface area contributed by atoms with Crippen LogP contribution in [0.25, 0.3) is 0 Å². The maximum atomic E-state index is 13.1. The Morgan fingerprint density at radius 1 is 1.13 bits per heavy atom. The molecule has 31 heavy (non-hydrogen) atoms. The number of carbonyl (C=O) groups is 2. The fourth-order valence-electron chi connectivity index (χ4n) is 5.28. The molecule has 2 saturated heterocycles. The Hall–Kier alpha value is -2.36. The molecule has 2 unspecified atom stereocenters. The predicted molar refractivity (Wildman–Crippen MR) is 107 cm³/mol. The molecule has 1 spiro atoms. The van der Waals surface area contributed by atoms with Crippen molar-refractivity contribution in [1.82, 2.24) is 4.90 Å². The van der Waals surface area contributed by atoms with Gasteiger partial charge in [-0.15, -0.1) is 0 Å². The normalized spacial score (nSPS) is 29.2. The van der Waals surface area contributed by atoms with Crippen LogP contribution in [0.1, 0.15) is 31.2 Å². The molecule has 170 valence electrons. The Bertz CT molecular complexity index is 867. The SMILES string of the molecule is COC(=O)C12CC(=O)N(CCc3ccc(OC)c(OC)c3)C1(O)CCC1(C2)OCCO1. The summed E-state index contributed by atoms with van der Waals surface area (Å²) in [7, 11) is 4.39. The summed E-state index contributed by atoms with van der Waals surface area (Å²) in [5.41, 5.74) is -2.17. The number of nitrogens with zero attached hydrogens (tertiary/aromatic N) is 1. The van der Waals surface area contributed by atoms with E-state index in [1.165, 1.54) is 12.0 Å². The largest absolute Gasteiger partial charge is 0.493 e. The van der Waals surface area contributed by atoms with Gasteiger partial charge in [0.25, 0.3) is 0 Å². The first-order valence-corrected chi connectivity index (χ1v) is 10.4. The van der Waals surface area contributed by atoms with Crippen LogP contribution in [0.3, 0.4) is 0 Å². The van der Waals surface area contributed by atoms with Gasteiger partial charge in [-0.3, -0.25) is 9.59 Å². The quantitative estimate of drug-likeness (QED) is 0.666. The van der Waals surface area contributed by atoms with Crippen LogP contribution < -0.4 is 9.47 Å². The van der Waals surface area contributed by atoms with E-state index in [0.717, 1.165) is 5.56 Å². The second-order valence-corrected chi connectivity index (χ2v) is 8.34. The van der Waals surface area contributed by atoms with Crippen molar-refractivity contribution in [2.75, 3.05) is 41.1 Å². The molecule has 1 aromatic rings. The molecule has 3 aliphatic rings. The maximum absolute atomic E-state index is 13.1. The first kappa shape index (κ1) is 21.9. The van der Waals surface area contributed by atoms with E-state index in [2.05, 4.69) is 0 Å². The van der Waals surface area contributed by atoms with E-state index < -0.39 is 22.9 Å². The molecule has 1 amide bonds. The third-order valence-corrected chi connectivity index (χ3v) is 6.85. The van der Waals surface area contributed by atoms with Crippen molar-refractivity contribution in [2.45, 2.75) is 43.6 Å². The lowest BCUT2D eigenvalue weighted by Crippen LogP contribution is -2.64.